The number of hydrogen-bond donors (Lipinski definition) is 3. The number of nitrogens with zero attached hydrogens (tertiary/aromatic N) is 1. The second-order valence-electron chi connectivity index (χ2n) is 23.1. The highest BCUT2D eigenvalue weighted by molar-refractivity contribution is 7.47. The number of nitrogens with one attached hydrogen (secondary N) is 1. The topological polar surface area (TPSA) is 105 Å². The van der Waals surface area contributed by atoms with Crippen molar-refractivity contribution >= 4 is 13.7 Å². The number of likely N-dealkylation sites (N-methyl/N-ethyl adjacent to an activating group) is 1. The lowest BCUT2D eigenvalue weighted by molar-refractivity contribution is -0.870. The molecule has 0 radical (unpaired) electrons. The zero-order valence-electron chi connectivity index (χ0n) is 48.9. The van der Waals surface area contributed by atoms with Gasteiger partial charge in [-0.15, -0.1) is 0 Å². The molecule has 1 amide bonds. The van der Waals surface area contributed by atoms with Gasteiger partial charge in [0.25, 0.3) is 0 Å². The number of rotatable bonds is 59. The molecule has 72 heavy (non-hydrogen) atoms. The Morgan fingerprint density at radius 2 is 0.792 bits per heavy atom. The molecule has 0 aromatic carbocycles. The highest BCUT2D eigenvalue weighted by Gasteiger charge is 2.28. The lowest BCUT2D eigenvalue weighted by atomic mass is 10.0. The lowest BCUT2D eigenvalue weighted by Gasteiger charge is -2.26. The van der Waals surface area contributed by atoms with Gasteiger partial charge in [-0.3, -0.25) is 13.8 Å². The molecular weight excluding hydrogens is 912 g/mol. The Labute approximate surface area is 449 Å². The summed E-state index contributed by atoms with van der Waals surface area (Å²) in [6, 6.07) is -0.762. The van der Waals surface area contributed by atoms with Crippen LogP contribution in [0.3, 0.4) is 0 Å². The third kappa shape index (κ3) is 56.7. The maximum absolute atomic E-state index is 13.0. The number of quaternary nitrogens is 1. The average molecular weight is 1040 g/mol. The van der Waals surface area contributed by atoms with Crippen LogP contribution in [0, 0.1) is 0 Å². The second-order valence-corrected chi connectivity index (χ2v) is 24.6. The fourth-order valence-corrected chi connectivity index (χ4v) is 10.5. The van der Waals surface area contributed by atoms with Crippen LogP contribution in [-0.4, -0.2) is 73.4 Å². The van der Waals surface area contributed by atoms with Crippen molar-refractivity contribution in [2.45, 2.75) is 334 Å². The molecule has 3 N–H and O–H groups in total. The summed E-state index contributed by atoms with van der Waals surface area (Å²) in [4.78, 5) is 23.4. The maximum Gasteiger partial charge on any atom is 0.472 e. The van der Waals surface area contributed by atoms with E-state index in [4.69, 9.17) is 9.05 Å². The number of aliphatic hydroxyl groups is 1. The monoisotopic (exact) mass is 1040 g/mol. The number of unbranched alkanes of at least 4 members (excludes halogenated alkanes) is 42. The van der Waals surface area contributed by atoms with E-state index in [1.807, 2.05) is 21.1 Å². The smallest absolute Gasteiger partial charge is 0.391 e. The van der Waals surface area contributed by atoms with E-state index in [0.29, 0.717) is 23.9 Å². The molecule has 428 valence electrons. The minimum atomic E-state index is -4.33. The van der Waals surface area contributed by atoms with Gasteiger partial charge in [-0.2, -0.15) is 0 Å². The van der Waals surface area contributed by atoms with Crippen LogP contribution in [0.15, 0.2) is 24.3 Å². The van der Waals surface area contributed by atoms with E-state index < -0.39 is 20.0 Å². The van der Waals surface area contributed by atoms with Crippen molar-refractivity contribution in [1.82, 2.24) is 5.32 Å². The Bertz CT molecular complexity index is 1220. The molecule has 9 heteroatoms. The predicted molar refractivity (Wildman–Crippen MR) is 314 cm³/mol. The summed E-state index contributed by atoms with van der Waals surface area (Å²) in [6.45, 7) is 4.94. The molecule has 0 fully saturated rings. The second kappa shape index (κ2) is 54.8. The van der Waals surface area contributed by atoms with E-state index >= 15 is 0 Å². The van der Waals surface area contributed by atoms with Crippen molar-refractivity contribution in [1.29, 1.82) is 0 Å². The quantitative estimate of drug-likeness (QED) is 0.0243. The van der Waals surface area contributed by atoms with Crippen molar-refractivity contribution in [2.24, 2.45) is 0 Å². The number of amides is 1. The molecule has 0 rings (SSSR count). The van der Waals surface area contributed by atoms with Gasteiger partial charge >= 0.3 is 7.82 Å². The summed E-state index contributed by atoms with van der Waals surface area (Å²) in [5, 5.41) is 14.1. The lowest BCUT2D eigenvalue weighted by Crippen LogP contribution is -2.46. The number of carbonyl (C=O) groups is 1. The Hall–Kier alpha value is -1.02. The number of phosphoric ester groups is 1. The molecule has 3 atom stereocenters. The predicted octanol–water partition coefficient (Wildman–Crippen LogP) is 19.5. The van der Waals surface area contributed by atoms with E-state index in [9.17, 15) is 19.4 Å². The zero-order valence-corrected chi connectivity index (χ0v) is 49.8. The van der Waals surface area contributed by atoms with Crippen molar-refractivity contribution in [3.8, 4) is 0 Å². The number of allylic oxidation sites excluding steroid dienone is 4. The third-order valence-electron chi connectivity index (χ3n) is 14.7. The Morgan fingerprint density at radius 3 is 1.14 bits per heavy atom. The molecule has 0 saturated carbocycles. The molecule has 0 aromatic heterocycles. The first-order valence-corrected chi connectivity index (χ1v) is 33.2. The van der Waals surface area contributed by atoms with E-state index in [1.165, 1.54) is 250 Å². The fourth-order valence-electron chi connectivity index (χ4n) is 9.73. The molecular formula is C63H126N2O6P+. The van der Waals surface area contributed by atoms with E-state index in [1.54, 1.807) is 0 Å². The van der Waals surface area contributed by atoms with Crippen LogP contribution < -0.4 is 5.32 Å². The first kappa shape index (κ1) is 71.0. The summed E-state index contributed by atoms with van der Waals surface area (Å²) in [6.07, 6.45) is 69.6. The van der Waals surface area contributed by atoms with E-state index in [2.05, 4.69) is 43.5 Å². The summed E-state index contributed by atoms with van der Waals surface area (Å²) < 4.78 is 23.8. The van der Waals surface area contributed by atoms with Crippen LogP contribution in [-0.2, 0) is 18.4 Å². The normalized spacial score (nSPS) is 13.9. The van der Waals surface area contributed by atoms with E-state index in [-0.39, 0.29) is 19.1 Å². The molecule has 0 aliphatic carbocycles. The SMILES string of the molecule is CCCCCCCCCCC/C=C\C/C=C\CCCCCCCCCCCCCC(=O)NC(COP(=O)(O)OCC[N+](C)(C)C)C(O)CCCCCCCCCCCCCCCCCCCCCCCCC. The van der Waals surface area contributed by atoms with Crippen LogP contribution in [0.4, 0.5) is 0 Å². The first-order valence-electron chi connectivity index (χ1n) is 31.7. The Kier molecular flexibility index (Phi) is 54.0. The number of hydrogen-bond acceptors (Lipinski definition) is 5. The van der Waals surface area contributed by atoms with Crippen molar-refractivity contribution in [3.63, 3.8) is 0 Å². The molecule has 0 aliphatic heterocycles. The van der Waals surface area contributed by atoms with Crippen molar-refractivity contribution in [2.75, 3.05) is 40.9 Å². The summed E-state index contributed by atoms with van der Waals surface area (Å²) in [5.41, 5.74) is 0. The van der Waals surface area contributed by atoms with Crippen LogP contribution in [0.25, 0.3) is 0 Å². The van der Waals surface area contributed by atoms with Crippen molar-refractivity contribution in [3.05, 3.63) is 24.3 Å². The number of aliphatic hydroxyl groups excluding tert-OH is 1. The van der Waals surface area contributed by atoms with Gasteiger partial charge in [0.1, 0.15) is 13.2 Å². The van der Waals surface area contributed by atoms with Gasteiger partial charge < -0.3 is 19.8 Å². The molecule has 0 saturated heterocycles. The Balaban J connectivity index is 4.10. The standard InChI is InChI=1S/C63H125N2O6P/c1-6-8-10-12-14-16-18-20-22-24-26-28-30-31-32-33-35-37-39-41-43-45-47-49-51-53-55-57-63(67)64-61(60-71-72(68,69)70-59-58-65(3,4)5)62(66)56-54-52-50-48-46-44-42-40-38-36-34-29-27-25-23-21-19-17-15-13-11-9-7-2/h26,28,31-32,61-62,66H,6-25,27,29-30,33-60H2,1-5H3,(H-,64,67,68,69)/p+1/b28-26-,32-31-. The van der Waals surface area contributed by atoms with Crippen molar-refractivity contribution < 1.29 is 32.9 Å². The minimum absolute atomic E-state index is 0.0758. The number of carbonyl (C=O) groups excluding carboxylic acids is 1. The van der Waals surface area contributed by atoms with Crippen LogP contribution >= 0.6 is 7.82 Å². The summed E-state index contributed by atoms with van der Waals surface area (Å²) in [7, 11) is 1.63. The van der Waals surface area contributed by atoms with Gasteiger partial charge in [-0.25, -0.2) is 4.57 Å². The maximum atomic E-state index is 13.0. The number of phosphoric acid groups is 1. The molecule has 0 bridgehead atoms. The summed E-state index contributed by atoms with van der Waals surface area (Å²) in [5.74, 6) is -0.141. The average Bonchev–Trinajstić information content (AvgIpc) is 3.34. The van der Waals surface area contributed by atoms with Gasteiger partial charge in [0.2, 0.25) is 5.91 Å². The highest BCUT2D eigenvalue weighted by Crippen LogP contribution is 2.43. The molecule has 3 unspecified atom stereocenters. The zero-order chi connectivity index (χ0) is 52.7. The largest absolute Gasteiger partial charge is 0.472 e. The van der Waals surface area contributed by atoms with Gasteiger partial charge in [0, 0.05) is 6.42 Å². The van der Waals surface area contributed by atoms with Gasteiger partial charge in [-0.05, 0) is 44.9 Å². The molecule has 0 spiro atoms. The minimum Gasteiger partial charge on any atom is -0.391 e. The molecule has 8 nitrogen and oxygen atoms in total. The molecule has 0 aromatic rings. The Morgan fingerprint density at radius 1 is 0.472 bits per heavy atom. The van der Waals surface area contributed by atoms with Crippen LogP contribution in [0.1, 0.15) is 322 Å². The third-order valence-corrected chi connectivity index (χ3v) is 15.7. The van der Waals surface area contributed by atoms with Gasteiger partial charge in [-0.1, -0.05) is 295 Å². The summed E-state index contributed by atoms with van der Waals surface area (Å²) >= 11 is 0. The van der Waals surface area contributed by atoms with Crippen LogP contribution in [0.5, 0.6) is 0 Å². The van der Waals surface area contributed by atoms with Gasteiger partial charge in [0.15, 0.2) is 0 Å². The van der Waals surface area contributed by atoms with Gasteiger partial charge in [0.05, 0.1) is 39.9 Å². The molecule has 0 aliphatic rings. The van der Waals surface area contributed by atoms with E-state index in [0.717, 1.165) is 44.9 Å². The van der Waals surface area contributed by atoms with Crippen LogP contribution in [0.2, 0.25) is 0 Å². The first-order chi connectivity index (χ1) is 35.0. The molecule has 0 heterocycles. The highest BCUT2D eigenvalue weighted by atomic mass is 31.2. The fraction of sp³-hybridized carbons (Fsp3) is 0.921.